The predicted molar refractivity (Wildman–Crippen MR) is 56.1 cm³/mol. The first-order chi connectivity index (χ1) is 6.69. The molecule has 0 unspecified atom stereocenters. The summed E-state index contributed by atoms with van der Waals surface area (Å²) >= 11 is 0. The lowest BCUT2D eigenvalue weighted by Gasteiger charge is -2.13. The lowest BCUT2D eigenvalue weighted by atomic mass is 10.1. The van der Waals surface area contributed by atoms with E-state index in [2.05, 4.69) is 22.4 Å². The average molecular weight is 197 g/mol. The van der Waals surface area contributed by atoms with E-state index in [1.165, 1.54) is 5.56 Å². The van der Waals surface area contributed by atoms with Gasteiger partial charge in [-0.1, -0.05) is 6.92 Å². The fraction of sp³-hybridized carbons (Fsp3) is 0.700. The number of aliphatic hydroxyl groups excluding tert-OH is 1. The van der Waals surface area contributed by atoms with Gasteiger partial charge in [0.2, 0.25) is 0 Å². The maximum atomic E-state index is 9.01. The summed E-state index contributed by atoms with van der Waals surface area (Å²) < 4.78 is 0. The second-order valence-corrected chi connectivity index (χ2v) is 3.58. The first kappa shape index (κ1) is 11.2. The average Bonchev–Trinajstić information content (AvgIpc) is 2.50. The van der Waals surface area contributed by atoms with Gasteiger partial charge in [-0.05, 0) is 20.3 Å². The van der Waals surface area contributed by atoms with Crippen LogP contribution in [0.5, 0.6) is 0 Å². The standard InChI is InChI=1S/C10H19N3O/c1-4-9(6-14)11-5-10-7(2)12-13-8(10)3/h9,11,14H,4-6H2,1-3H3,(H,12,13)/t9-/m1/s1. The Kier molecular flexibility index (Phi) is 4.10. The number of aryl methyl sites for hydroxylation is 2. The Bertz CT molecular complexity index is 259. The van der Waals surface area contributed by atoms with E-state index >= 15 is 0 Å². The molecule has 4 heteroatoms. The third-order valence-electron chi connectivity index (χ3n) is 2.56. The maximum Gasteiger partial charge on any atom is 0.0638 e. The van der Waals surface area contributed by atoms with Crippen LogP contribution < -0.4 is 5.32 Å². The third kappa shape index (κ3) is 2.56. The molecule has 0 saturated carbocycles. The number of nitrogens with one attached hydrogen (secondary N) is 2. The Balaban J connectivity index is 2.52. The number of hydrogen-bond acceptors (Lipinski definition) is 3. The normalized spacial score (nSPS) is 13.1. The van der Waals surface area contributed by atoms with Crippen LogP contribution in [0.4, 0.5) is 0 Å². The largest absolute Gasteiger partial charge is 0.395 e. The lowest BCUT2D eigenvalue weighted by molar-refractivity contribution is 0.238. The van der Waals surface area contributed by atoms with Gasteiger partial charge in [-0.2, -0.15) is 5.10 Å². The van der Waals surface area contributed by atoms with Crippen LogP contribution in [0.2, 0.25) is 0 Å². The van der Waals surface area contributed by atoms with Gasteiger partial charge in [0.1, 0.15) is 0 Å². The Hall–Kier alpha value is -0.870. The third-order valence-corrected chi connectivity index (χ3v) is 2.56. The summed E-state index contributed by atoms with van der Waals surface area (Å²) in [5.74, 6) is 0. The molecule has 0 saturated heterocycles. The van der Waals surface area contributed by atoms with E-state index in [1.807, 2.05) is 13.8 Å². The predicted octanol–water partition coefficient (Wildman–Crippen LogP) is 0.887. The van der Waals surface area contributed by atoms with Gasteiger partial charge < -0.3 is 10.4 Å². The molecule has 0 radical (unpaired) electrons. The minimum Gasteiger partial charge on any atom is -0.395 e. The van der Waals surface area contributed by atoms with E-state index in [1.54, 1.807) is 0 Å². The summed E-state index contributed by atoms with van der Waals surface area (Å²) in [5.41, 5.74) is 3.34. The quantitative estimate of drug-likeness (QED) is 0.657. The summed E-state index contributed by atoms with van der Waals surface area (Å²) in [6, 6.07) is 0.184. The van der Waals surface area contributed by atoms with Crippen molar-refractivity contribution in [3.05, 3.63) is 17.0 Å². The van der Waals surface area contributed by atoms with Gasteiger partial charge in [0.05, 0.1) is 12.3 Å². The fourth-order valence-corrected chi connectivity index (χ4v) is 1.42. The molecule has 0 aliphatic rings. The summed E-state index contributed by atoms with van der Waals surface area (Å²) in [4.78, 5) is 0. The van der Waals surface area contributed by atoms with Crippen molar-refractivity contribution in [2.24, 2.45) is 0 Å². The van der Waals surface area contributed by atoms with E-state index < -0.39 is 0 Å². The minimum absolute atomic E-state index is 0.184. The van der Waals surface area contributed by atoms with Gasteiger partial charge >= 0.3 is 0 Å². The summed E-state index contributed by atoms with van der Waals surface area (Å²) in [5, 5.41) is 19.4. The number of hydrogen-bond donors (Lipinski definition) is 3. The van der Waals surface area contributed by atoms with Crippen LogP contribution in [0.25, 0.3) is 0 Å². The Morgan fingerprint density at radius 2 is 2.21 bits per heavy atom. The Morgan fingerprint density at radius 1 is 1.50 bits per heavy atom. The lowest BCUT2D eigenvalue weighted by Crippen LogP contribution is -2.31. The van der Waals surface area contributed by atoms with E-state index in [-0.39, 0.29) is 12.6 Å². The second kappa shape index (κ2) is 5.12. The van der Waals surface area contributed by atoms with Crippen molar-refractivity contribution in [1.29, 1.82) is 0 Å². The molecule has 0 amide bonds. The number of H-pyrrole nitrogens is 1. The van der Waals surface area contributed by atoms with Crippen LogP contribution in [-0.2, 0) is 6.54 Å². The number of aliphatic hydroxyl groups is 1. The van der Waals surface area contributed by atoms with Crippen LogP contribution in [0.3, 0.4) is 0 Å². The molecule has 1 rings (SSSR count). The zero-order chi connectivity index (χ0) is 10.6. The molecule has 0 spiro atoms. The molecule has 14 heavy (non-hydrogen) atoms. The number of nitrogens with zero attached hydrogens (tertiary/aromatic N) is 1. The Morgan fingerprint density at radius 3 is 2.64 bits per heavy atom. The zero-order valence-electron chi connectivity index (χ0n) is 9.09. The van der Waals surface area contributed by atoms with E-state index in [9.17, 15) is 0 Å². The van der Waals surface area contributed by atoms with Gasteiger partial charge in [-0.25, -0.2) is 0 Å². The van der Waals surface area contributed by atoms with Crippen molar-refractivity contribution in [1.82, 2.24) is 15.5 Å². The van der Waals surface area contributed by atoms with Gasteiger partial charge in [0, 0.05) is 23.8 Å². The van der Waals surface area contributed by atoms with Crippen LogP contribution in [0, 0.1) is 13.8 Å². The molecule has 3 N–H and O–H groups in total. The molecule has 0 bridgehead atoms. The molecule has 1 aromatic rings. The first-order valence-electron chi connectivity index (χ1n) is 5.03. The van der Waals surface area contributed by atoms with Gasteiger partial charge in [0.25, 0.3) is 0 Å². The molecule has 0 aliphatic carbocycles. The van der Waals surface area contributed by atoms with Crippen molar-refractivity contribution in [2.75, 3.05) is 6.61 Å². The van der Waals surface area contributed by atoms with E-state index in [0.29, 0.717) is 0 Å². The van der Waals surface area contributed by atoms with Gasteiger partial charge in [0.15, 0.2) is 0 Å². The van der Waals surface area contributed by atoms with Gasteiger partial charge in [-0.15, -0.1) is 0 Å². The van der Waals surface area contributed by atoms with Crippen molar-refractivity contribution in [2.45, 2.75) is 39.8 Å². The molecular weight excluding hydrogens is 178 g/mol. The SMILES string of the molecule is CC[C@H](CO)NCc1c(C)n[nH]c1C. The number of aromatic amines is 1. The minimum atomic E-state index is 0.184. The summed E-state index contributed by atoms with van der Waals surface area (Å²) in [6.45, 7) is 7.01. The van der Waals surface area contributed by atoms with Crippen LogP contribution in [0.1, 0.15) is 30.3 Å². The van der Waals surface area contributed by atoms with E-state index in [0.717, 1.165) is 24.4 Å². The maximum absolute atomic E-state index is 9.01. The van der Waals surface area contributed by atoms with Crippen molar-refractivity contribution >= 4 is 0 Å². The molecule has 1 aromatic heterocycles. The highest BCUT2D eigenvalue weighted by molar-refractivity contribution is 5.22. The molecule has 1 heterocycles. The van der Waals surface area contributed by atoms with Gasteiger partial charge in [-0.3, -0.25) is 5.10 Å². The Labute approximate surface area is 84.7 Å². The number of rotatable bonds is 5. The van der Waals surface area contributed by atoms with Crippen LogP contribution in [0.15, 0.2) is 0 Å². The number of aromatic nitrogens is 2. The molecule has 0 aliphatic heterocycles. The smallest absolute Gasteiger partial charge is 0.0638 e. The molecular formula is C10H19N3O. The molecule has 80 valence electrons. The van der Waals surface area contributed by atoms with Crippen molar-refractivity contribution in [3.8, 4) is 0 Å². The highest BCUT2D eigenvalue weighted by Gasteiger charge is 2.08. The molecule has 4 nitrogen and oxygen atoms in total. The summed E-state index contributed by atoms with van der Waals surface area (Å²) in [7, 11) is 0. The molecule has 0 fully saturated rings. The first-order valence-corrected chi connectivity index (χ1v) is 5.03. The fourth-order valence-electron chi connectivity index (χ4n) is 1.42. The van der Waals surface area contributed by atoms with Crippen molar-refractivity contribution in [3.63, 3.8) is 0 Å². The molecule has 0 aromatic carbocycles. The second-order valence-electron chi connectivity index (χ2n) is 3.58. The zero-order valence-corrected chi connectivity index (χ0v) is 9.09. The van der Waals surface area contributed by atoms with Crippen molar-refractivity contribution < 1.29 is 5.11 Å². The monoisotopic (exact) mass is 197 g/mol. The molecule has 1 atom stereocenters. The topological polar surface area (TPSA) is 60.9 Å². The van der Waals surface area contributed by atoms with Crippen LogP contribution >= 0.6 is 0 Å². The highest BCUT2D eigenvalue weighted by Crippen LogP contribution is 2.08. The van der Waals surface area contributed by atoms with E-state index in [4.69, 9.17) is 5.11 Å². The van der Waals surface area contributed by atoms with Crippen LogP contribution in [-0.4, -0.2) is 28.0 Å². The highest BCUT2D eigenvalue weighted by atomic mass is 16.3. The summed E-state index contributed by atoms with van der Waals surface area (Å²) in [6.07, 6.45) is 0.937.